The summed E-state index contributed by atoms with van der Waals surface area (Å²) in [7, 11) is 1.40. The Morgan fingerprint density at radius 2 is 1.83 bits per heavy atom. The number of pyridine rings is 1. The fourth-order valence-corrected chi connectivity index (χ4v) is 2.01. The first-order chi connectivity index (χ1) is 10.8. The third-order valence-electron chi connectivity index (χ3n) is 3.15. The fourth-order valence-electron chi connectivity index (χ4n) is 2.01. The molecule has 2 rings (SSSR count). The zero-order valence-electron chi connectivity index (χ0n) is 13.8. The highest BCUT2D eigenvalue weighted by Crippen LogP contribution is 2.28. The lowest BCUT2D eigenvalue weighted by atomic mass is 10.2. The van der Waals surface area contributed by atoms with Crippen LogP contribution in [0.1, 0.15) is 25.0 Å². The predicted octanol–water partition coefficient (Wildman–Crippen LogP) is 3.82. The fraction of sp³-hybridized carbons (Fsp3) is 0.312. The second kappa shape index (κ2) is 7.53. The topological polar surface area (TPSA) is 77.2 Å². The molecule has 0 aliphatic carbocycles. The molecule has 1 aromatic heterocycles. The molecule has 0 spiro atoms. The largest absolute Gasteiger partial charge is 0.333 e. The van der Waals surface area contributed by atoms with Crippen molar-refractivity contribution in [3.63, 3.8) is 0 Å². The number of halogens is 1. The van der Waals surface area contributed by atoms with E-state index in [9.17, 15) is 19.3 Å². The van der Waals surface area contributed by atoms with E-state index in [2.05, 4.69) is 5.32 Å². The third-order valence-corrected chi connectivity index (χ3v) is 3.15. The van der Waals surface area contributed by atoms with Crippen molar-refractivity contribution in [3.8, 4) is 0 Å². The number of anilines is 2. The van der Waals surface area contributed by atoms with Gasteiger partial charge < -0.3 is 5.32 Å². The van der Waals surface area contributed by atoms with E-state index in [0.29, 0.717) is 0 Å². The Morgan fingerprint density at radius 3 is 2.35 bits per heavy atom. The van der Waals surface area contributed by atoms with Crippen molar-refractivity contribution >= 4 is 17.2 Å². The molecule has 0 aliphatic heterocycles. The zero-order valence-corrected chi connectivity index (χ0v) is 13.8. The summed E-state index contributed by atoms with van der Waals surface area (Å²) < 4.78 is 15.0. The van der Waals surface area contributed by atoms with Crippen molar-refractivity contribution in [3.05, 3.63) is 61.7 Å². The molecule has 0 radical (unpaired) electrons. The van der Waals surface area contributed by atoms with Gasteiger partial charge in [0, 0.05) is 18.7 Å². The maximum absolute atomic E-state index is 13.9. The zero-order chi connectivity index (χ0) is 17.7. The first-order valence-corrected chi connectivity index (χ1v) is 7.19. The van der Waals surface area contributed by atoms with Crippen LogP contribution in [0.3, 0.4) is 0 Å². The predicted molar refractivity (Wildman–Crippen MR) is 88.8 cm³/mol. The molecule has 0 fully saturated rings. The van der Waals surface area contributed by atoms with E-state index in [-0.39, 0.29) is 28.3 Å². The summed E-state index contributed by atoms with van der Waals surface area (Å²) in [5, 5.41) is 13.8. The molecule has 0 saturated carbocycles. The smallest absolute Gasteiger partial charge is 0.310 e. The van der Waals surface area contributed by atoms with Crippen molar-refractivity contribution < 1.29 is 9.31 Å². The van der Waals surface area contributed by atoms with Crippen molar-refractivity contribution in [2.24, 2.45) is 7.05 Å². The molecule has 124 valence electrons. The van der Waals surface area contributed by atoms with Crippen LogP contribution in [0.15, 0.2) is 29.1 Å². The van der Waals surface area contributed by atoms with Gasteiger partial charge in [-0.2, -0.15) is 0 Å². The Kier molecular flexibility index (Phi) is 6.01. The minimum Gasteiger partial charge on any atom is -0.333 e. The summed E-state index contributed by atoms with van der Waals surface area (Å²) in [5.41, 5.74) is 0.386. The van der Waals surface area contributed by atoms with Gasteiger partial charge in [0.1, 0.15) is 5.82 Å². The molecule has 2 aromatic rings. The van der Waals surface area contributed by atoms with E-state index in [1.165, 1.54) is 32.2 Å². The number of benzene rings is 1. The standard InChI is InChI=1S/C14H14FN3O3.C2H6/c1-8-4-5-11(10(15)6-8)16-13-12(18(20)21)7-9(2)14(19)17(13)3;1-2/h4-7,16H,1-3H3;1-2H3. The summed E-state index contributed by atoms with van der Waals surface area (Å²) in [4.78, 5) is 22.4. The van der Waals surface area contributed by atoms with E-state index in [1.54, 1.807) is 13.0 Å². The van der Waals surface area contributed by atoms with Crippen LogP contribution in [0, 0.1) is 29.8 Å². The van der Waals surface area contributed by atoms with Gasteiger partial charge in [-0.1, -0.05) is 19.9 Å². The lowest BCUT2D eigenvalue weighted by molar-refractivity contribution is -0.384. The molecule has 0 atom stereocenters. The summed E-state index contributed by atoms with van der Waals surface area (Å²) in [6, 6.07) is 5.62. The van der Waals surface area contributed by atoms with Gasteiger partial charge in [0.2, 0.25) is 0 Å². The monoisotopic (exact) mass is 321 g/mol. The van der Waals surface area contributed by atoms with E-state index in [4.69, 9.17) is 0 Å². The molecule has 7 heteroatoms. The summed E-state index contributed by atoms with van der Waals surface area (Å²) in [5.74, 6) is -0.601. The quantitative estimate of drug-likeness (QED) is 0.688. The number of nitro groups is 1. The number of aromatic nitrogens is 1. The summed E-state index contributed by atoms with van der Waals surface area (Å²) in [6.45, 7) is 7.22. The number of rotatable bonds is 3. The van der Waals surface area contributed by atoms with Crippen LogP contribution in [-0.2, 0) is 7.05 Å². The van der Waals surface area contributed by atoms with Crippen LogP contribution in [0.2, 0.25) is 0 Å². The van der Waals surface area contributed by atoms with Crippen LogP contribution >= 0.6 is 0 Å². The Balaban J connectivity index is 0.00000127. The maximum Gasteiger partial charge on any atom is 0.310 e. The molecule has 1 N–H and O–H groups in total. The molecule has 23 heavy (non-hydrogen) atoms. The molecule has 0 saturated heterocycles. The number of nitrogens with zero attached hydrogens (tertiary/aromatic N) is 2. The van der Waals surface area contributed by atoms with Crippen LogP contribution in [0.5, 0.6) is 0 Å². The highest BCUT2D eigenvalue weighted by atomic mass is 19.1. The lowest BCUT2D eigenvalue weighted by Gasteiger charge is -2.13. The van der Waals surface area contributed by atoms with Crippen molar-refractivity contribution in [1.82, 2.24) is 4.57 Å². The number of nitrogens with one attached hydrogen (secondary N) is 1. The van der Waals surface area contributed by atoms with Crippen molar-refractivity contribution in [2.75, 3.05) is 5.32 Å². The first kappa shape index (κ1) is 18.3. The maximum atomic E-state index is 13.9. The molecule has 1 aromatic carbocycles. The van der Waals surface area contributed by atoms with Gasteiger partial charge in [0.05, 0.1) is 10.6 Å². The average Bonchev–Trinajstić information content (AvgIpc) is 2.51. The van der Waals surface area contributed by atoms with Gasteiger partial charge in [0.25, 0.3) is 5.56 Å². The Labute approximate surface area is 133 Å². The van der Waals surface area contributed by atoms with Gasteiger partial charge in [0.15, 0.2) is 5.82 Å². The van der Waals surface area contributed by atoms with Gasteiger partial charge in [-0.15, -0.1) is 0 Å². The van der Waals surface area contributed by atoms with Crippen LogP contribution in [-0.4, -0.2) is 9.49 Å². The number of hydrogen-bond acceptors (Lipinski definition) is 4. The first-order valence-electron chi connectivity index (χ1n) is 7.19. The number of aryl methyl sites for hydroxylation is 2. The van der Waals surface area contributed by atoms with Gasteiger partial charge in [-0.05, 0) is 31.5 Å². The second-order valence-corrected chi connectivity index (χ2v) is 4.79. The molecule has 0 aliphatic rings. The Hall–Kier alpha value is -2.70. The molecule has 0 unspecified atom stereocenters. The van der Waals surface area contributed by atoms with Crippen LogP contribution in [0.25, 0.3) is 0 Å². The molecule has 1 heterocycles. The Morgan fingerprint density at radius 1 is 1.22 bits per heavy atom. The highest BCUT2D eigenvalue weighted by Gasteiger charge is 2.20. The third kappa shape index (κ3) is 3.94. The van der Waals surface area contributed by atoms with Crippen LogP contribution < -0.4 is 10.9 Å². The second-order valence-electron chi connectivity index (χ2n) is 4.79. The minimum atomic E-state index is -0.610. The minimum absolute atomic E-state index is 0.0571. The lowest BCUT2D eigenvalue weighted by Crippen LogP contribution is -2.22. The van der Waals surface area contributed by atoms with Crippen molar-refractivity contribution in [1.29, 1.82) is 0 Å². The van der Waals surface area contributed by atoms with Gasteiger partial charge in [-0.25, -0.2) is 4.39 Å². The summed E-state index contributed by atoms with van der Waals surface area (Å²) >= 11 is 0. The molecular formula is C16H20FN3O3. The van der Waals surface area contributed by atoms with Gasteiger partial charge >= 0.3 is 5.69 Å². The highest BCUT2D eigenvalue weighted by molar-refractivity contribution is 5.67. The van der Waals surface area contributed by atoms with E-state index in [0.717, 1.165) is 10.1 Å². The van der Waals surface area contributed by atoms with E-state index < -0.39 is 10.7 Å². The van der Waals surface area contributed by atoms with Crippen molar-refractivity contribution in [2.45, 2.75) is 27.7 Å². The Bertz CT molecular complexity index is 785. The average molecular weight is 321 g/mol. The number of hydrogen-bond donors (Lipinski definition) is 1. The normalized spacial score (nSPS) is 9.83. The van der Waals surface area contributed by atoms with Gasteiger partial charge in [-0.3, -0.25) is 19.5 Å². The molecule has 6 nitrogen and oxygen atoms in total. The molecule has 0 amide bonds. The molecular weight excluding hydrogens is 301 g/mol. The SMILES string of the molecule is CC.Cc1ccc(Nc2c([N+](=O)[O-])cc(C)c(=O)n2C)c(F)c1. The summed E-state index contributed by atoms with van der Waals surface area (Å²) in [6.07, 6.45) is 0. The molecule has 0 bridgehead atoms. The van der Waals surface area contributed by atoms with E-state index >= 15 is 0 Å². The van der Waals surface area contributed by atoms with E-state index in [1.807, 2.05) is 13.8 Å². The van der Waals surface area contributed by atoms with Crippen LogP contribution in [0.4, 0.5) is 21.6 Å².